The predicted molar refractivity (Wildman–Crippen MR) is 165 cm³/mol. The highest BCUT2D eigenvalue weighted by Gasteiger charge is 2.12. The van der Waals surface area contributed by atoms with Crippen LogP contribution in [0.25, 0.3) is 0 Å². The lowest BCUT2D eigenvalue weighted by atomic mass is 10.2. The van der Waals surface area contributed by atoms with Crippen LogP contribution in [0.1, 0.15) is 72.1 Å². The molecular formula is C32H36Br2O6. The molecule has 0 saturated heterocycles. The number of esters is 2. The highest BCUT2D eigenvalue weighted by atomic mass is 79.9. The fraction of sp³-hybridized carbons (Fsp3) is 0.375. The van der Waals surface area contributed by atoms with E-state index in [9.17, 15) is 9.59 Å². The smallest absolute Gasteiger partial charge is 0.343 e. The van der Waals surface area contributed by atoms with Gasteiger partial charge in [0.1, 0.15) is 23.0 Å². The van der Waals surface area contributed by atoms with Gasteiger partial charge >= 0.3 is 11.9 Å². The summed E-state index contributed by atoms with van der Waals surface area (Å²) in [5, 5.41) is 2.07. The van der Waals surface area contributed by atoms with Crippen LogP contribution in [0.5, 0.6) is 23.0 Å². The van der Waals surface area contributed by atoms with Gasteiger partial charge in [-0.3, -0.25) is 0 Å². The Morgan fingerprint density at radius 1 is 0.450 bits per heavy atom. The van der Waals surface area contributed by atoms with Crippen molar-refractivity contribution >= 4 is 43.8 Å². The van der Waals surface area contributed by atoms with Crippen LogP contribution >= 0.6 is 31.9 Å². The first-order chi connectivity index (χ1) is 19.6. The van der Waals surface area contributed by atoms with Crippen LogP contribution in [0, 0.1) is 0 Å². The number of carbonyl (C=O) groups excluding carboxylic acids is 2. The van der Waals surface area contributed by atoms with Crippen molar-refractivity contribution < 1.29 is 28.5 Å². The maximum absolute atomic E-state index is 12.5. The number of halogens is 2. The second kappa shape index (κ2) is 18.5. The van der Waals surface area contributed by atoms with Crippen LogP contribution in [0.15, 0.2) is 72.8 Å². The fourth-order valence-corrected chi connectivity index (χ4v) is 4.56. The van der Waals surface area contributed by atoms with E-state index in [1.54, 1.807) is 72.8 Å². The molecule has 0 N–H and O–H groups in total. The van der Waals surface area contributed by atoms with Gasteiger partial charge in [-0.25, -0.2) is 9.59 Å². The molecule has 0 unspecified atom stereocenters. The molecule has 0 heterocycles. The summed E-state index contributed by atoms with van der Waals surface area (Å²) in [5.74, 6) is 1.19. The molecular weight excluding hydrogens is 640 g/mol. The van der Waals surface area contributed by atoms with E-state index in [1.165, 1.54) is 25.7 Å². The molecule has 0 aliphatic heterocycles. The first-order valence-electron chi connectivity index (χ1n) is 13.7. The molecule has 3 rings (SSSR count). The van der Waals surface area contributed by atoms with E-state index in [-0.39, 0.29) is 0 Å². The SMILES string of the molecule is O=C(Oc1ccc(OC(=O)c2ccc(OCCCCCCBr)cc2)cc1)c1ccc(OCCCCCCBr)cc1. The summed E-state index contributed by atoms with van der Waals surface area (Å²) in [7, 11) is 0. The Morgan fingerprint density at radius 2 is 0.775 bits per heavy atom. The third-order valence-electron chi connectivity index (χ3n) is 6.02. The Balaban J connectivity index is 1.40. The van der Waals surface area contributed by atoms with Crippen molar-refractivity contribution in [1.29, 1.82) is 0 Å². The number of hydrogen-bond donors (Lipinski definition) is 0. The molecule has 8 heteroatoms. The van der Waals surface area contributed by atoms with E-state index < -0.39 is 11.9 Å². The second-order valence-corrected chi connectivity index (χ2v) is 10.8. The predicted octanol–water partition coefficient (Wildman–Crippen LogP) is 8.79. The number of hydrogen-bond acceptors (Lipinski definition) is 6. The zero-order valence-electron chi connectivity index (χ0n) is 22.6. The number of rotatable bonds is 18. The summed E-state index contributed by atoms with van der Waals surface area (Å²) < 4.78 is 22.4. The van der Waals surface area contributed by atoms with Crippen molar-refractivity contribution in [3.05, 3.63) is 83.9 Å². The van der Waals surface area contributed by atoms with Crippen LogP contribution in [-0.2, 0) is 0 Å². The van der Waals surface area contributed by atoms with E-state index in [2.05, 4.69) is 31.9 Å². The van der Waals surface area contributed by atoms with Crippen LogP contribution in [0.2, 0.25) is 0 Å². The Hall–Kier alpha value is -2.84. The molecule has 0 radical (unpaired) electrons. The summed E-state index contributed by atoms with van der Waals surface area (Å²) in [6, 6.07) is 20.1. The minimum Gasteiger partial charge on any atom is -0.494 e. The highest BCUT2D eigenvalue weighted by molar-refractivity contribution is 9.09. The molecule has 40 heavy (non-hydrogen) atoms. The van der Waals surface area contributed by atoms with Gasteiger partial charge in [0.05, 0.1) is 24.3 Å². The number of alkyl halides is 2. The fourth-order valence-electron chi connectivity index (χ4n) is 3.76. The molecule has 0 spiro atoms. The van der Waals surface area contributed by atoms with Crippen molar-refractivity contribution in [2.45, 2.75) is 51.4 Å². The molecule has 0 aromatic heterocycles. The topological polar surface area (TPSA) is 71.1 Å². The van der Waals surface area contributed by atoms with Crippen LogP contribution in [-0.4, -0.2) is 35.8 Å². The highest BCUT2D eigenvalue weighted by Crippen LogP contribution is 2.21. The summed E-state index contributed by atoms with van der Waals surface area (Å²) >= 11 is 6.87. The van der Waals surface area contributed by atoms with Crippen LogP contribution < -0.4 is 18.9 Å². The number of ether oxygens (including phenoxy) is 4. The molecule has 3 aromatic carbocycles. The summed E-state index contributed by atoms with van der Waals surface area (Å²) in [6.07, 6.45) is 8.99. The minimum absolute atomic E-state index is 0.349. The van der Waals surface area contributed by atoms with Gasteiger partial charge in [0.2, 0.25) is 0 Å². The largest absolute Gasteiger partial charge is 0.494 e. The molecule has 0 fully saturated rings. The third-order valence-corrected chi connectivity index (χ3v) is 7.14. The van der Waals surface area contributed by atoms with Gasteiger partial charge in [0.25, 0.3) is 0 Å². The Kier molecular flexibility index (Phi) is 14.7. The minimum atomic E-state index is -0.479. The van der Waals surface area contributed by atoms with Crippen molar-refractivity contribution in [3.8, 4) is 23.0 Å². The van der Waals surface area contributed by atoms with Gasteiger partial charge in [-0.2, -0.15) is 0 Å². The lowest BCUT2D eigenvalue weighted by Gasteiger charge is -2.09. The standard InChI is InChI=1S/C32H36Br2O6/c33-21-5-1-3-7-23-37-27-13-9-25(10-14-27)31(35)39-29-17-19-30(20-18-29)40-32(36)26-11-15-28(16-12-26)38-24-8-4-2-6-22-34/h9-20H,1-8,21-24H2. The maximum atomic E-state index is 12.5. The Bertz CT molecular complexity index is 1060. The van der Waals surface area contributed by atoms with Crippen LogP contribution in [0.4, 0.5) is 0 Å². The molecule has 0 aliphatic carbocycles. The monoisotopic (exact) mass is 674 g/mol. The normalized spacial score (nSPS) is 10.7. The third kappa shape index (κ3) is 11.7. The van der Waals surface area contributed by atoms with E-state index in [4.69, 9.17) is 18.9 Å². The zero-order chi connectivity index (χ0) is 28.4. The van der Waals surface area contributed by atoms with Crippen molar-refractivity contribution in [2.75, 3.05) is 23.9 Å². The Morgan fingerprint density at radius 3 is 1.12 bits per heavy atom. The van der Waals surface area contributed by atoms with Gasteiger partial charge in [-0.15, -0.1) is 0 Å². The molecule has 0 aliphatic rings. The first-order valence-corrected chi connectivity index (χ1v) is 16.0. The lowest BCUT2D eigenvalue weighted by Crippen LogP contribution is -2.09. The molecule has 3 aromatic rings. The van der Waals surface area contributed by atoms with Crippen molar-refractivity contribution in [3.63, 3.8) is 0 Å². The first kappa shape index (κ1) is 31.7. The molecule has 0 atom stereocenters. The number of carbonyl (C=O) groups is 2. The van der Waals surface area contributed by atoms with Gasteiger partial charge in [-0.05, 0) is 98.5 Å². The molecule has 6 nitrogen and oxygen atoms in total. The molecule has 0 saturated carbocycles. The lowest BCUT2D eigenvalue weighted by molar-refractivity contribution is 0.0719. The molecule has 0 bridgehead atoms. The number of benzene rings is 3. The van der Waals surface area contributed by atoms with Crippen molar-refractivity contribution in [2.24, 2.45) is 0 Å². The zero-order valence-corrected chi connectivity index (χ0v) is 25.8. The van der Waals surface area contributed by atoms with Gasteiger partial charge in [-0.1, -0.05) is 57.5 Å². The van der Waals surface area contributed by atoms with Gasteiger partial charge in [0.15, 0.2) is 0 Å². The quantitative estimate of drug-likeness (QED) is 0.0581. The molecule has 0 amide bonds. The number of unbranched alkanes of at least 4 members (excludes halogenated alkanes) is 6. The average molecular weight is 676 g/mol. The van der Waals surface area contributed by atoms with Gasteiger partial charge < -0.3 is 18.9 Å². The maximum Gasteiger partial charge on any atom is 0.343 e. The summed E-state index contributed by atoms with van der Waals surface area (Å²) in [5.41, 5.74) is 0.838. The van der Waals surface area contributed by atoms with Crippen molar-refractivity contribution in [1.82, 2.24) is 0 Å². The summed E-state index contributed by atoms with van der Waals surface area (Å²) in [4.78, 5) is 25.0. The van der Waals surface area contributed by atoms with E-state index in [1.807, 2.05) is 0 Å². The molecule has 214 valence electrons. The second-order valence-electron chi connectivity index (χ2n) is 9.20. The summed E-state index contributed by atoms with van der Waals surface area (Å²) in [6.45, 7) is 1.31. The van der Waals surface area contributed by atoms with E-state index in [0.717, 1.165) is 47.8 Å². The van der Waals surface area contributed by atoms with E-state index >= 15 is 0 Å². The van der Waals surface area contributed by atoms with Crippen LogP contribution in [0.3, 0.4) is 0 Å². The average Bonchev–Trinajstić information content (AvgIpc) is 2.98. The Labute approximate surface area is 253 Å². The van der Waals surface area contributed by atoms with E-state index in [0.29, 0.717) is 35.8 Å². The van der Waals surface area contributed by atoms with Gasteiger partial charge in [0, 0.05) is 10.7 Å².